The first-order valence-electron chi connectivity index (χ1n) is 10.0. The first-order chi connectivity index (χ1) is 16.1. The van der Waals surface area contributed by atoms with Crippen molar-refractivity contribution < 1.29 is 28.3 Å². The van der Waals surface area contributed by atoms with Gasteiger partial charge < -0.3 is 24.0 Å². The summed E-state index contributed by atoms with van der Waals surface area (Å²) in [6, 6.07) is 16.9. The molecule has 2 aromatic carbocycles. The zero-order valence-electron chi connectivity index (χ0n) is 17.4. The molecular weight excluding hydrogens is 426 g/mol. The Labute approximate surface area is 188 Å². The average Bonchev–Trinajstić information content (AvgIpc) is 3.57. The lowest BCUT2D eigenvalue weighted by atomic mass is 9.75. The summed E-state index contributed by atoms with van der Waals surface area (Å²) in [6.07, 6.45) is 1.39. The van der Waals surface area contributed by atoms with Crippen LogP contribution in [0, 0.1) is 17.2 Å². The van der Waals surface area contributed by atoms with Crippen molar-refractivity contribution in [1.82, 2.24) is 0 Å². The highest BCUT2D eigenvalue weighted by molar-refractivity contribution is 6.24. The van der Waals surface area contributed by atoms with Crippen molar-refractivity contribution in [2.24, 2.45) is 11.1 Å². The van der Waals surface area contributed by atoms with Crippen molar-refractivity contribution in [3.63, 3.8) is 0 Å². The molecule has 164 valence electrons. The van der Waals surface area contributed by atoms with Crippen LogP contribution >= 0.6 is 0 Å². The maximum atomic E-state index is 13.6. The zero-order chi connectivity index (χ0) is 23.0. The molecule has 0 aliphatic carbocycles. The van der Waals surface area contributed by atoms with Crippen LogP contribution in [0.4, 0.5) is 5.69 Å². The number of carbonyl (C=O) groups is 2. The number of Topliss-reactive ketones (excluding diaryl/α,β-unsaturated/α-hetero) is 1. The van der Waals surface area contributed by atoms with Gasteiger partial charge in [-0.05, 0) is 36.4 Å². The number of carbonyl (C=O) groups excluding carboxylic acids is 2. The minimum absolute atomic E-state index is 0.0793. The number of ether oxygens (including phenoxy) is 2. The maximum absolute atomic E-state index is 13.6. The number of furan rings is 1. The molecule has 1 amide bonds. The minimum atomic E-state index is -1.68. The van der Waals surface area contributed by atoms with Crippen LogP contribution in [-0.2, 0) is 15.2 Å². The molecule has 0 unspecified atom stereocenters. The summed E-state index contributed by atoms with van der Waals surface area (Å²) >= 11 is 0. The number of hydrogen-bond acceptors (Lipinski definition) is 8. The second-order valence-corrected chi connectivity index (χ2v) is 7.39. The van der Waals surface area contributed by atoms with Gasteiger partial charge in [0.1, 0.15) is 17.7 Å². The van der Waals surface area contributed by atoms with Crippen LogP contribution in [-0.4, -0.2) is 31.1 Å². The molecule has 3 heterocycles. The second kappa shape index (κ2) is 7.84. The number of ketones is 1. The highest BCUT2D eigenvalue weighted by Crippen LogP contribution is 2.50. The molecule has 1 N–H and O–H groups in total. The van der Waals surface area contributed by atoms with Gasteiger partial charge in [-0.2, -0.15) is 5.26 Å². The van der Waals surface area contributed by atoms with Crippen molar-refractivity contribution in [1.29, 1.82) is 5.26 Å². The molecule has 0 saturated carbocycles. The summed E-state index contributed by atoms with van der Waals surface area (Å²) < 4.78 is 16.1. The van der Waals surface area contributed by atoms with E-state index in [1.807, 2.05) is 6.07 Å². The van der Waals surface area contributed by atoms with Gasteiger partial charge in [-0.15, -0.1) is 0 Å². The van der Waals surface area contributed by atoms with E-state index < -0.39 is 23.2 Å². The average molecular weight is 443 g/mol. The smallest absolute Gasteiger partial charge is 0.277 e. The molecular formula is C24H17N3O6. The van der Waals surface area contributed by atoms with E-state index in [4.69, 9.17) is 24.0 Å². The van der Waals surface area contributed by atoms with Gasteiger partial charge in [0, 0.05) is 16.8 Å². The van der Waals surface area contributed by atoms with Crippen LogP contribution in [0.15, 0.2) is 70.4 Å². The van der Waals surface area contributed by atoms with E-state index in [0.29, 0.717) is 28.3 Å². The van der Waals surface area contributed by atoms with Crippen molar-refractivity contribution in [3.05, 3.63) is 77.7 Å². The molecule has 2 aliphatic rings. The Bertz CT molecular complexity index is 1320. The molecule has 33 heavy (non-hydrogen) atoms. The molecule has 0 saturated heterocycles. The lowest BCUT2D eigenvalue weighted by Gasteiger charge is -2.26. The number of benzene rings is 2. The molecule has 3 aromatic rings. The Kier molecular flexibility index (Phi) is 4.83. The third kappa shape index (κ3) is 3.03. The predicted octanol–water partition coefficient (Wildman–Crippen LogP) is 3.27. The molecule has 0 radical (unpaired) electrons. The van der Waals surface area contributed by atoms with Crippen molar-refractivity contribution in [2.45, 2.75) is 5.60 Å². The van der Waals surface area contributed by atoms with Gasteiger partial charge in [0.2, 0.25) is 5.78 Å². The SMILES string of the molecule is COc1cc(C2=NO[C@]3(C(=O)Nc4ccccc43)[C@@H]2C(=O)c2ccco2)ccc1OCC#N. The summed E-state index contributed by atoms with van der Waals surface area (Å²) in [6.45, 7) is -0.153. The van der Waals surface area contributed by atoms with Crippen LogP contribution in [0.1, 0.15) is 21.7 Å². The molecule has 9 nitrogen and oxygen atoms in total. The van der Waals surface area contributed by atoms with Gasteiger partial charge in [-0.3, -0.25) is 9.59 Å². The fourth-order valence-corrected chi connectivity index (χ4v) is 4.20. The lowest BCUT2D eigenvalue weighted by Crippen LogP contribution is -2.46. The van der Waals surface area contributed by atoms with Gasteiger partial charge in [0.15, 0.2) is 23.9 Å². The number of oxime groups is 1. The summed E-state index contributed by atoms with van der Waals surface area (Å²) in [5.74, 6) is -1.29. The van der Waals surface area contributed by atoms with Crippen LogP contribution in [0.25, 0.3) is 0 Å². The van der Waals surface area contributed by atoms with Crippen LogP contribution < -0.4 is 14.8 Å². The molecule has 0 bridgehead atoms. The zero-order valence-corrected chi connectivity index (χ0v) is 17.4. The van der Waals surface area contributed by atoms with Gasteiger partial charge >= 0.3 is 0 Å². The number of anilines is 1. The normalized spacial score (nSPS) is 20.4. The standard InChI is InChI=1S/C24H17N3O6/c1-30-19-13-14(8-9-17(19)32-12-10-25)21-20(22(28)18-7-4-11-31-18)24(33-27-21)15-5-2-3-6-16(15)26-23(24)29/h2-9,11,13,20H,12H2,1H3,(H,26,29)/t20-,24-/m0/s1. The summed E-state index contributed by atoms with van der Waals surface area (Å²) in [7, 11) is 1.46. The molecule has 2 aliphatic heterocycles. The number of hydrogen-bond donors (Lipinski definition) is 1. The quantitative estimate of drug-likeness (QED) is 0.580. The topological polar surface area (TPSA) is 123 Å². The fraction of sp³-hybridized carbons (Fsp3) is 0.167. The summed E-state index contributed by atoms with van der Waals surface area (Å²) in [4.78, 5) is 32.7. The Hall–Kier alpha value is -4.58. The number of nitrogens with zero attached hydrogens (tertiary/aromatic N) is 2. The number of nitrogens with one attached hydrogen (secondary N) is 1. The van der Waals surface area contributed by atoms with E-state index in [9.17, 15) is 9.59 Å². The Morgan fingerprint density at radius 2 is 2.06 bits per heavy atom. The van der Waals surface area contributed by atoms with Crippen molar-refractivity contribution >= 4 is 23.1 Å². The monoisotopic (exact) mass is 443 g/mol. The summed E-state index contributed by atoms with van der Waals surface area (Å²) in [5, 5.41) is 15.8. The third-order valence-electron chi connectivity index (χ3n) is 5.66. The highest BCUT2D eigenvalue weighted by atomic mass is 16.7. The molecule has 1 spiro atoms. The van der Waals surface area contributed by atoms with E-state index in [0.717, 1.165) is 0 Å². The molecule has 9 heteroatoms. The van der Waals surface area contributed by atoms with Crippen LogP contribution in [0.2, 0.25) is 0 Å². The van der Waals surface area contributed by atoms with Crippen LogP contribution in [0.5, 0.6) is 11.5 Å². The Morgan fingerprint density at radius 3 is 2.82 bits per heavy atom. The van der Waals surface area contributed by atoms with Crippen LogP contribution in [0.3, 0.4) is 0 Å². The predicted molar refractivity (Wildman–Crippen MR) is 115 cm³/mol. The number of rotatable bonds is 6. The van der Waals surface area contributed by atoms with E-state index in [1.165, 1.54) is 19.4 Å². The third-order valence-corrected chi connectivity index (χ3v) is 5.66. The highest BCUT2D eigenvalue weighted by Gasteiger charge is 2.63. The van der Waals surface area contributed by atoms with Crippen molar-refractivity contribution in [3.8, 4) is 17.6 Å². The van der Waals surface area contributed by atoms with E-state index >= 15 is 0 Å². The number of para-hydroxylation sites is 1. The summed E-state index contributed by atoms with van der Waals surface area (Å²) in [5.41, 5.74) is 0.121. The lowest BCUT2D eigenvalue weighted by molar-refractivity contribution is -0.140. The molecule has 0 fully saturated rings. The van der Waals surface area contributed by atoms with Gasteiger partial charge in [0.05, 0.1) is 13.4 Å². The van der Waals surface area contributed by atoms with Gasteiger partial charge in [-0.1, -0.05) is 23.4 Å². The molecule has 5 rings (SSSR count). The largest absolute Gasteiger partial charge is 0.493 e. The molecule has 2 atom stereocenters. The Balaban J connectivity index is 1.64. The van der Waals surface area contributed by atoms with E-state index in [1.54, 1.807) is 48.5 Å². The first-order valence-corrected chi connectivity index (χ1v) is 10.0. The first kappa shape index (κ1) is 20.3. The minimum Gasteiger partial charge on any atom is -0.493 e. The van der Waals surface area contributed by atoms with Gasteiger partial charge in [-0.25, -0.2) is 0 Å². The number of amides is 1. The van der Waals surface area contributed by atoms with E-state index in [2.05, 4.69) is 10.5 Å². The molecule has 1 aromatic heterocycles. The fourth-order valence-electron chi connectivity index (χ4n) is 4.20. The second-order valence-electron chi connectivity index (χ2n) is 7.39. The number of fused-ring (bicyclic) bond motifs is 2. The number of methoxy groups -OCH3 is 1. The van der Waals surface area contributed by atoms with Gasteiger partial charge in [0.25, 0.3) is 11.5 Å². The maximum Gasteiger partial charge on any atom is 0.277 e. The van der Waals surface area contributed by atoms with Crippen molar-refractivity contribution in [2.75, 3.05) is 19.0 Å². The Morgan fingerprint density at radius 1 is 1.21 bits per heavy atom. The van der Waals surface area contributed by atoms with E-state index in [-0.39, 0.29) is 18.1 Å². The number of nitriles is 1.